The van der Waals surface area contributed by atoms with Crippen LogP contribution in [-0.4, -0.2) is 9.38 Å². The minimum Gasteiger partial charge on any atom is -0.481 e. The molecule has 4 rings (SSSR count). The van der Waals surface area contributed by atoms with Crippen LogP contribution in [0.5, 0.6) is 5.75 Å². The summed E-state index contributed by atoms with van der Waals surface area (Å²) in [5.41, 5.74) is 3.47. The molecule has 100 valence electrons. The van der Waals surface area contributed by atoms with Crippen LogP contribution in [0.4, 0.5) is 0 Å². The quantitative estimate of drug-likeness (QED) is 0.616. The molecular formula is C16H13ClN2O. The van der Waals surface area contributed by atoms with E-state index in [0.717, 1.165) is 28.3 Å². The van der Waals surface area contributed by atoms with Crippen molar-refractivity contribution in [1.29, 1.82) is 0 Å². The van der Waals surface area contributed by atoms with Crippen molar-refractivity contribution in [3.8, 4) is 17.0 Å². The van der Waals surface area contributed by atoms with Crippen molar-refractivity contribution in [1.82, 2.24) is 9.38 Å². The molecule has 0 saturated heterocycles. The Balaban J connectivity index is 2.15. The molecule has 1 aliphatic rings. The Morgan fingerprint density at radius 1 is 1.15 bits per heavy atom. The number of hydrogen-bond donors (Lipinski definition) is 0. The molecule has 0 spiro atoms. The first kappa shape index (κ1) is 11.8. The number of halogens is 1. The first-order valence-corrected chi connectivity index (χ1v) is 6.90. The number of imidazole rings is 1. The molecule has 3 nitrogen and oxygen atoms in total. The van der Waals surface area contributed by atoms with Gasteiger partial charge in [-0.3, -0.25) is 4.40 Å². The van der Waals surface area contributed by atoms with Gasteiger partial charge in [-0.25, -0.2) is 4.98 Å². The first-order valence-electron chi connectivity index (χ1n) is 6.53. The standard InChI is InChI=1S/C16H13ClN2O/c1-16(2)15-14(11-5-3-4-6-12(11)20-16)18-13-8-7-10(17)9-19(13)15/h3-9H,1-2H3. The third-order valence-electron chi connectivity index (χ3n) is 3.66. The Labute approximate surface area is 121 Å². The van der Waals surface area contributed by atoms with Crippen LogP contribution in [0, 0.1) is 0 Å². The fraction of sp³-hybridized carbons (Fsp3) is 0.188. The summed E-state index contributed by atoms with van der Waals surface area (Å²) in [7, 11) is 0. The van der Waals surface area contributed by atoms with Gasteiger partial charge in [-0.2, -0.15) is 0 Å². The number of nitrogens with zero attached hydrogens (tertiary/aromatic N) is 2. The molecule has 0 atom stereocenters. The number of fused-ring (bicyclic) bond motifs is 5. The topological polar surface area (TPSA) is 26.5 Å². The van der Waals surface area contributed by atoms with E-state index in [1.807, 2.05) is 47.0 Å². The van der Waals surface area contributed by atoms with Gasteiger partial charge < -0.3 is 4.74 Å². The van der Waals surface area contributed by atoms with Crippen molar-refractivity contribution in [3.05, 3.63) is 53.3 Å². The zero-order valence-electron chi connectivity index (χ0n) is 11.2. The van der Waals surface area contributed by atoms with E-state index in [2.05, 4.69) is 13.8 Å². The summed E-state index contributed by atoms with van der Waals surface area (Å²) in [5, 5.41) is 0.687. The van der Waals surface area contributed by atoms with E-state index >= 15 is 0 Å². The summed E-state index contributed by atoms with van der Waals surface area (Å²) < 4.78 is 8.17. The first-order chi connectivity index (χ1) is 9.56. The van der Waals surface area contributed by atoms with Crippen LogP contribution >= 0.6 is 11.6 Å². The summed E-state index contributed by atoms with van der Waals surface area (Å²) >= 11 is 6.12. The minimum absolute atomic E-state index is 0.451. The van der Waals surface area contributed by atoms with E-state index in [0.29, 0.717) is 5.02 Å². The normalized spacial score (nSPS) is 15.6. The molecule has 0 fully saturated rings. The summed E-state index contributed by atoms with van der Waals surface area (Å²) in [6, 6.07) is 11.8. The largest absolute Gasteiger partial charge is 0.481 e. The third-order valence-corrected chi connectivity index (χ3v) is 3.88. The predicted octanol–water partition coefficient (Wildman–Crippen LogP) is 4.28. The molecule has 1 aliphatic heterocycles. The Bertz CT molecular complexity index is 836. The second-order valence-corrected chi connectivity index (χ2v) is 5.93. The molecule has 4 heteroatoms. The van der Waals surface area contributed by atoms with E-state index in [9.17, 15) is 0 Å². The number of hydrogen-bond acceptors (Lipinski definition) is 2. The lowest BCUT2D eigenvalue weighted by molar-refractivity contribution is 0.0996. The van der Waals surface area contributed by atoms with Gasteiger partial charge in [0.1, 0.15) is 22.7 Å². The lowest BCUT2D eigenvalue weighted by Crippen LogP contribution is -2.30. The van der Waals surface area contributed by atoms with Crippen LogP contribution in [0.15, 0.2) is 42.6 Å². The summed E-state index contributed by atoms with van der Waals surface area (Å²) in [4.78, 5) is 4.76. The van der Waals surface area contributed by atoms with Gasteiger partial charge in [0, 0.05) is 11.8 Å². The Hall–Kier alpha value is -2.00. The molecular weight excluding hydrogens is 272 g/mol. The van der Waals surface area contributed by atoms with Gasteiger partial charge in [0.15, 0.2) is 0 Å². The van der Waals surface area contributed by atoms with Gasteiger partial charge in [0.05, 0.1) is 10.7 Å². The SMILES string of the molecule is CC1(C)Oc2ccccc2-c2nc3ccc(Cl)cn3c21. The molecule has 0 aliphatic carbocycles. The molecule has 0 bridgehead atoms. The molecule has 0 saturated carbocycles. The van der Waals surface area contributed by atoms with Crippen molar-refractivity contribution < 1.29 is 4.74 Å². The highest BCUT2D eigenvalue weighted by Crippen LogP contribution is 2.44. The number of rotatable bonds is 0. The monoisotopic (exact) mass is 284 g/mol. The maximum absolute atomic E-state index is 6.15. The number of aromatic nitrogens is 2. The van der Waals surface area contributed by atoms with Crippen LogP contribution in [0.2, 0.25) is 5.02 Å². The fourth-order valence-electron chi connectivity index (χ4n) is 2.86. The molecule has 0 N–H and O–H groups in total. The van der Waals surface area contributed by atoms with Crippen LogP contribution in [-0.2, 0) is 5.60 Å². The maximum atomic E-state index is 6.15. The van der Waals surface area contributed by atoms with Gasteiger partial charge >= 0.3 is 0 Å². The minimum atomic E-state index is -0.451. The van der Waals surface area contributed by atoms with Crippen molar-refractivity contribution in [2.24, 2.45) is 0 Å². The molecule has 3 aromatic rings. The predicted molar refractivity (Wildman–Crippen MR) is 79.3 cm³/mol. The molecule has 0 amide bonds. The average molecular weight is 285 g/mol. The highest BCUT2D eigenvalue weighted by atomic mass is 35.5. The maximum Gasteiger partial charge on any atom is 0.146 e. The van der Waals surface area contributed by atoms with Crippen molar-refractivity contribution in [3.63, 3.8) is 0 Å². The van der Waals surface area contributed by atoms with E-state index in [4.69, 9.17) is 21.3 Å². The molecule has 0 radical (unpaired) electrons. The zero-order chi connectivity index (χ0) is 13.9. The van der Waals surface area contributed by atoms with Crippen molar-refractivity contribution in [2.75, 3.05) is 0 Å². The Morgan fingerprint density at radius 3 is 2.80 bits per heavy atom. The number of para-hydroxylation sites is 1. The Morgan fingerprint density at radius 2 is 1.95 bits per heavy atom. The third kappa shape index (κ3) is 1.50. The summed E-state index contributed by atoms with van der Waals surface area (Å²) in [5.74, 6) is 0.875. The van der Waals surface area contributed by atoms with Crippen LogP contribution in [0.25, 0.3) is 16.9 Å². The number of benzene rings is 1. The Kier molecular flexibility index (Phi) is 2.22. The van der Waals surface area contributed by atoms with Crippen LogP contribution < -0.4 is 4.74 Å². The molecule has 0 unspecified atom stereocenters. The van der Waals surface area contributed by atoms with Crippen molar-refractivity contribution >= 4 is 17.2 Å². The van der Waals surface area contributed by atoms with E-state index in [1.165, 1.54) is 0 Å². The van der Waals surface area contributed by atoms with Gasteiger partial charge in [-0.15, -0.1) is 0 Å². The average Bonchev–Trinajstić information content (AvgIpc) is 2.78. The van der Waals surface area contributed by atoms with E-state index in [-0.39, 0.29) is 0 Å². The highest BCUT2D eigenvalue weighted by Gasteiger charge is 2.36. The van der Waals surface area contributed by atoms with E-state index < -0.39 is 5.60 Å². The van der Waals surface area contributed by atoms with E-state index in [1.54, 1.807) is 0 Å². The summed E-state index contributed by atoms with van der Waals surface area (Å²) in [6.07, 6.45) is 1.89. The van der Waals surface area contributed by atoms with Gasteiger partial charge in [0.25, 0.3) is 0 Å². The molecule has 2 aromatic heterocycles. The van der Waals surface area contributed by atoms with Gasteiger partial charge in [-0.1, -0.05) is 23.7 Å². The second kappa shape index (κ2) is 3.76. The second-order valence-electron chi connectivity index (χ2n) is 5.49. The number of ether oxygens (including phenoxy) is 1. The zero-order valence-corrected chi connectivity index (χ0v) is 12.0. The van der Waals surface area contributed by atoms with Crippen molar-refractivity contribution in [2.45, 2.75) is 19.4 Å². The molecule has 1 aromatic carbocycles. The lowest BCUT2D eigenvalue weighted by Gasteiger charge is -2.32. The van der Waals surface area contributed by atoms with Gasteiger partial charge in [0.2, 0.25) is 0 Å². The molecule has 3 heterocycles. The lowest BCUT2D eigenvalue weighted by atomic mass is 9.95. The number of pyridine rings is 1. The fourth-order valence-corrected chi connectivity index (χ4v) is 3.02. The molecule has 20 heavy (non-hydrogen) atoms. The van der Waals surface area contributed by atoms with Gasteiger partial charge in [-0.05, 0) is 38.1 Å². The van der Waals surface area contributed by atoms with Crippen LogP contribution in [0.3, 0.4) is 0 Å². The highest BCUT2D eigenvalue weighted by molar-refractivity contribution is 6.30. The summed E-state index contributed by atoms with van der Waals surface area (Å²) in [6.45, 7) is 4.10. The smallest absolute Gasteiger partial charge is 0.146 e. The van der Waals surface area contributed by atoms with Crippen LogP contribution in [0.1, 0.15) is 19.5 Å².